The Labute approximate surface area is 180 Å². The third-order valence-electron chi connectivity index (χ3n) is 4.66. The van der Waals surface area contributed by atoms with Crippen molar-refractivity contribution in [3.63, 3.8) is 0 Å². The zero-order chi connectivity index (χ0) is 20.6. The maximum atomic E-state index is 13.1. The summed E-state index contributed by atoms with van der Waals surface area (Å²) in [5.74, 6) is 0.362. The highest BCUT2D eigenvalue weighted by Gasteiger charge is 2.17. The quantitative estimate of drug-likeness (QED) is 0.396. The molecule has 30 heavy (non-hydrogen) atoms. The molecule has 4 aromatic rings. The average Bonchev–Trinajstić information content (AvgIpc) is 3.28. The van der Waals surface area contributed by atoms with Crippen LogP contribution in [0.1, 0.15) is 11.1 Å². The predicted octanol–water partition coefficient (Wildman–Crippen LogP) is 4.59. The first-order valence-corrected chi connectivity index (χ1v) is 10.7. The third-order valence-corrected chi connectivity index (χ3v) is 5.59. The third kappa shape index (κ3) is 5.15. The van der Waals surface area contributed by atoms with Crippen molar-refractivity contribution in [1.29, 1.82) is 0 Å². The minimum Gasteiger partial charge on any atom is -0.333 e. The van der Waals surface area contributed by atoms with Crippen LogP contribution in [-0.2, 0) is 17.9 Å². The first-order chi connectivity index (χ1) is 14.8. The molecule has 1 amide bonds. The number of para-hydroxylation sites is 1. The minimum atomic E-state index is 0.0651. The van der Waals surface area contributed by atoms with Crippen LogP contribution in [0, 0.1) is 0 Å². The van der Waals surface area contributed by atoms with Crippen molar-refractivity contribution >= 4 is 17.7 Å². The van der Waals surface area contributed by atoms with Crippen molar-refractivity contribution in [2.45, 2.75) is 18.2 Å². The van der Waals surface area contributed by atoms with Crippen molar-refractivity contribution in [3.05, 3.63) is 108 Å². The van der Waals surface area contributed by atoms with E-state index in [2.05, 4.69) is 10.2 Å². The Morgan fingerprint density at radius 1 is 0.800 bits per heavy atom. The van der Waals surface area contributed by atoms with E-state index in [1.54, 1.807) is 6.33 Å². The molecule has 0 aliphatic rings. The first-order valence-electron chi connectivity index (χ1n) is 9.73. The summed E-state index contributed by atoms with van der Waals surface area (Å²) in [5, 5.41) is 8.92. The predicted molar refractivity (Wildman–Crippen MR) is 119 cm³/mol. The highest BCUT2D eigenvalue weighted by molar-refractivity contribution is 7.99. The topological polar surface area (TPSA) is 51.0 Å². The lowest BCUT2D eigenvalue weighted by atomic mass is 10.1. The summed E-state index contributed by atoms with van der Waals surface area (Å²) in [4.78, 5) is 15.0. The summed E-state index contributed by atoms with van der Waals surface area (Å²) in [6.45, 7) is 1.14. The Balaban J connectivity index is 1.47. The van der Waals surface area contributed by atoms with Crippen molar-refractivity contribution < 1.29 is 4.79 Å². The fraction of sp³-hybridized carbons (Fsp3) is 0.125. The second-order valence-electron chi connectivity index (χ2n) is 6.83. The lowest BCUT2D eigenvalue weighted by molar-refractivity contribution is -0.129. The SMILES string of the molecule is O=C(CSc1nncn1-c1ccccc1)N(Cc1ccccc1)Cc1ccccc1. The molecule has 5 nitrogen and oxygen atoms in total. The number of carbonyl (C=O) groups excluding carboxylic acids is 1. The van der Waals surface area contributed by atoms with Crippen LogP contribution < -0.4 is 0 Å². The van der Waals surface area contributed by atoms with Crippen LogP contribution in [-0.4, -0.2) is 31.3 Å². The van der Waals surface area contributed by atoms with E-state index >= 15 is 0 Å². The Morgan fingerprint density at radius 2 is 1.33 bits per heavy atom. The largest absolute Gasteiger partial charge is 0.333 e. The maximum absolute atomic E-state index is 13.1. The molecule has 1 aromatic heterocycles. The van der Waals surface area contributed by atoms with Gasteiger partial charge in [0.25, 0.3) is 0 Å². The van der Waals surface area contributed by atoms with Crippen molar-refractivity contribution in [2.75, 3.05) is 5.75 Å². The molecule has 6 heteroatoms. The number of hydrogen-bond donors (Lipinski definition) is 0. The smallest absolute Gasteiger partial charge is 0.233 e. The molecule has 0 fully saturated rings. The van der Waals surface area contributed by atoms with Crippen LogP contribution in [0.15, 0.2) is 102 Å². The Morgan fingerprint density at radius 3 is 1.90 bits per heavy atom. The molecule has 0 aliphatic heterocycles. The number of benzene rings is 3. The van der Waals surface area contributed by atoms with Crippen LogP contribution in [0.3, 0.4) is 0 Å². The molecule has 150 valence electrons. The van der Waals surface area contributed by atoms with Crippen LogP contribution in [0.25, 0.3) is 5.69 Å². The number of hydrogen-bond acceptors (Lipinski definition) is 4. The number of thioether (sulfide) groups is 1. The van der Waals surface area contributed by atoms with Gasteiger partial charge in [0.2, 0.25) is 5.91 Å². The molecule has 0 bridgehead atoms. The van der Waals surface area contributed by atoms with Gasteiger partial charge in [-0.25, -0.2) is 0 Å². The second-order valence-corrected chi connectivity index (χ2v) is 7.77. The van der Waals surface area contributed by atoms with Gasteiger partial charge in [-0.05, 0) is 23.3 Å². The number of carbonyl (C=O) groups is 1. The van der Waals surface area contributed by atoms with E-state index in [9.17, 15) is 4.79 Å². The molecule has 0 unspecified atom stereocenters. The standard InChI is InChI=1S/C24H22N4OS/c29-23(18-30-24-26-25-19-28(24)22-14-8-3-9-15-22)27(16-20-10-4-1-5-11-20)17-21-12-6-2-7-13-21/h1-15,19H,16-18H2. The summed E-state index contributed by atoms with van der Waals surface area (Å²) in [5.41, 5.74) is 3.20. The van der Waals surface area contributed by atoms with E-state index in [4.69, 9.17) is 0 Å². The molecule has 0 saturated heterocycles. The van der Waals surface area contributed by atoms with Gasteiger partial charge < -0.3 is 4.90 Å². The molecule has 0 spiro atoms. The van der Waals surface area contributed by atoms with Crippen LogP contribution >= 0.6 is 11.8 Å². The Kier molecular flexibility index (Phi) is 6.57. The average molecular weight is 415 g/mol. The molecule has 0 radical (unpaired) electrons. The number of aromatic nitrogens is 3. The van der Waals surface area contributed by atoms with Gasteiger partial charge in [0.05, 0.1) is 5.75 Å². The van der Waals surface area contributed by atoms with Gasteiger partial charge in [0, 0.05) is 18.8 Å². The monoisotopic (exact) mass is 414 g/mol. The first kappa shape index (κ1) is 19.9. The maximum Gasteiger partial charge on any atom is 0.233 e. The number of amides is 1. The van der Waals surface area contributed by atoms with E-state index in [1.807, 2.05) is 100 Å². The van der Waals surface area contributed by atoms with Gasteiger partial charge in [-0.1, -0.05) is 90.6 Å². The highest BCUT2D eigenvalue weighted by atomic mass is 32.2. The molecular weight excluding hydrogens is 392 g/mol. The Hall–Kier alpha value is -3.38. The van der Waals surface area contributed by atoms with Crippen LogP contribution in [0.2, 0.25) is 0 Å². The summed E-state index contributed by atoms with van der Waals surface area (Å²) in [6, 6.07) is 30.0. The fourth-order valence-electron chi connectivity index (χ4n) is 3.15. The summed E-state index contributed by atoms with van der Waals surface area (Å²) >= 11 is 1.40. The van der Waals surface area contributed by atoms with Gasteiger partial charge in [0.15, 0.2) is 5.16 Å². The van der Waals surface area contributed by atoms with Crippen molar-refractivity contribution in [2.24, 2.45) is 0 Å². The zero-order valence-corrected chi connectivity index (χ0v) is 17.3. The molecule has 0 N–H and O–H groups in total. The molecule has 0 aliphatic carbocycles. The normalized spacial score (nSPS) is 10.7. The molecular formula is C24H22N4OS. The number of nitrogens with zero attached hydrogens (tertiary/aromatic N) is 4. The Bertz CT molecular complexity index is 1030. The van der Waals surface area contributed by atoms with Gasteiger partial charge in [-0.3, -0.25) is 9.36 Å². The van der Waals surface area contributed by atoms with E-state index in [0.29, 0.717) is 24.0 Å². The highest BCUT2D eigenvalue weighted by Crippen LogP contribution is 2.21. The summed E-state index contributed by atoms with van der Waals surface area (Å²) in [7, 11) is 0. The van der Waals surface area contributed by atoms with Gasteiger partial charge in [-0.2, -0.15) is 0 Å². The van der Waals surface area contributed by atoms with Crippen LogP contribution in [0.4, 0.5) is 0 Å². The van der Waals surface area contributed by atoms with Crippen molar-refractivity contribution in [3.8, 4) is 5.69 Å². The molecule has 0 saturated carbocycles. The van der Waals surface area contributed by atoms with Gasteiger partial charge in [0.1, 0.15) is 6.33 Å². The zero-order valence-electron chi connectivity index (χ0n) is 16.5. The second kappa shape index (κ2) is 9.89. The summed E-state index contributed by atoms with van der Waals surface area (Å²) in [6.07, 6.45) is 1.67. The molecule has 4 rings (SSSR count). The van der Waals surface area contributed by atoms with E-state index in [1.165, 1.54) is 11.8 Å². The molecule has 1 heterocycles. The van der Waals surface area contributed by atoms with E-state index < -0.39 is 0 Å². The molecule has 3 aromatic carbocycles. The lowest BCUT2D eigenvalue weighted by Crippen LogP contribution is -2.31. The van der Waals surface area contributed by atoms with Gasteiger partial charge >= 0.3 is 0 Å². The lowest BCUT2D eigenvalue weighted by Gasteiger charge is -2.23. The fourth-order valence-corrected chi connectivity index (χ4v) is 3.98. The van der Waals surface area contributed by atoms with Crippen molar-refractivity contribution in [1.82, 2.24) is 19.7 Å². The summed E-state index contributed by atoms with van der Waals surface area (Å²) < 4.78 is 1.90. The molecule has 0 atom stereocenters. The van der Waals surface area contributed by atoms with Crippen LogP contribution in [0.5, 0.6) is 0 Å². The number of rotatable bonds is 8. The van der Waals surface area contributed by atoms with E-state index in [-0.39, 0.29) is 5.91 Å². The minimum absolute atomic E-state index is 0.0651. The van der Waals surface area contributed by atoms with E-state index in [0.717, 1.165) is 16.8 Å². The van der Waals surface area contributed by atoms with Gasteiger partial charge in [-0.15, -0.1) is 10.2 Å².